The summed E-state index contributed by atoms with van der Waals surface area (Å²) in [5.74, 6) is 0.640. The molecule has 10 aromatic rings. The molecule has 0 atom stereocenters. The van der Waals surface area contributed by atoms with E-state index in [1.807, 2.05) is 6.07 Å². The van der Waals surface area contributed by atoms with Crippen LogP contribution < -0.4 is 4.90 Å². The predicted molar refractivity (Wildman–Crippen MR) is 267 cm³/mol. The fourth-order valence-electron chi connectivity index (χ4n) is 9.82. The molecular weight excluding hydrogens is 777 g/mol. The highest BCUT2D eigenvalue weighted by atomic mass is 16.3. The number of rotatable bonds is 8. The maximum atomic E-state index is 6.68. The molecule has 1 heterocycles. The minimum absolute atomic E-state index is 0.640. The first kappa shape index (κ1) is 37.7. The Balaban J connectivity index is 0.876. The van der Waals surface area contributed by atoms with E-state index >= 15 is 0 Å². The molecule has 0 saturated carbocycles. The van der Waals surface area contributed by atoms with Gasteiger partial charge in [-0.05, 0) is 153 Å². The molecule has 1 aromatic heterocycles. The molecule has 0 spiro atoms. The minimum atomic E-state index is 0.640. The average molecular weight is 821 g/mol. The molecular formula is C61H44N2O. The van der Waals surface area contributed by atoms with E-state index in [4.69, 9.17) is 9.40 Å². The van der Waals surface area contributed by atoms with Gasteiger partial charge in [-0.3, -0.25) is 0 Å². The van der Waals surface area contributed by atoms with E-state index < -0.39 is 0 Å². The number of aryl methyl sites for hydroxylation is 2. The minimum Gasteiger partial charge on any atom is -0.435 e. The highest BCUT2D eigenvalue weighted by Gasteiger charge is 2.22. The standard InChI is InChI=1S/C61H44N2O/c1-3-13-41(14-4-1)42-25-29-46(30-26-42)61-62-59-58(40-49-16-8-10-23-57(49)60(59)64-61)50-32-28-44-27-31-47(37-51(44)38-50)43-33-35-53(36-34-43)63(52-19-5-2-6-20-52)54-21-11-18-48(39-54)56-24-12-17-45-15-7-9-22-55(45)56/h1-11,13-16,18-27,29-31,33-40H,12,17,28,32H2. The number of hydrogen-bond donors (Lipinski definition) is 0. The topological polar surface area (TPSA) is 29.3 Å². The van der Waals surface area contributed by atoms with Crippen molar-refractivity contribution in [3.05, 3.63) is 246 Å². The fourth-order valence-corrected chi connectivity index (χ4v) is 9.82. The third kappa shape index (κ3) is 6.92. The number of nitrogens with zero attached hydrogens (tertiary/aromatic N) is 2. The zero-order valence-electron chi connectivity index (χ0n) is 35.4. The first-order valence-corrected chi connectivity index (χ1v) is 22.4. The van der Waals surface area contributed by atoms with Crippen molar-refractivity contribution in [1.29, 1.82) is 0 Å². The van der Waals surface area contributed by atoms with Crippen LogP contribution in [0.3, 0.4) is 0 Å². The Hall–Kier alpha value is -8.01. The fraction of sp³-hybridized carbons (Fsp3) is 0.0656. The average Bonchev–Trinajstić information content (AvgIpc) is 3.83. The molecule has 3 nitrogen and oxygen atoms in total. The molecule has 0 unspecified atom stereocenters. The number of hydrogen-bond acceptors (Lipinski definition) is 3. The van der Waals surface area contributed by atoms with Crippen molar-refractivity contribution < 1.29 is 4.42 Å². The van der Waals surface area contributed by atoms with Crippen molar-refractivity contribution in [3.8, 4) is 33.7 Å². The molecule has 12 rings (SSSR count). The summed E-state index contributed by atoms with van der Waals surface area (Å²) >= 11 is 0. The van der Waals surface area contributed by atoms with Crippen LogP contribution in [0.2, 0.25) is 0 Å². The van der Waals surface area contributed by atoms with Crippen LogP contribution in [0.5, 0.6) is 0 Å². The number of aromatic nitrogens is 1. The van der Waals surface area contributed by atoms with Crippen molar-refractivity contribution in [3.63, 3.8) is 0 Å². The second-order valence-electron chi connectivity index (χ2n) is 17.0. The summed E-state index contributed by atoms with van der Waals surface area (Å²) in [6.07, 6.45) is 8.83. The summed E-state index contributed by atoms with van der Waals surface area (Å²) in [6, 6.07) is 74.3. The van der Waals surface area contributed by atoms with Crippen LogP contribution in [0.25, 0.3) is 72.8 Å². The molecule has 0 radical (unpaired) electrons. The van der Waals surface area contributed by atoms with Gasteiger partial charge in [0.2, 0.25) is 5.89 Å². The summed E-state index contributed by atoms with van der Waals surface area (Å²) < 4.78 is 6.68. The van der Waals surface area contributed by atoms with Crippen molar-refractivity contribution in [1.82, 2.24) is 4.98 Å². The second kappa shape index (κ2) is 16.0. The largest absolute Gasteiger partial charge is 0.435 e. The van der Waals surface area contributed by atoms with E-state index in [1.165, 1.54) is 61.2 Å². The summed E-state index contributed by atoms with van der Waals surface area (Å²) in [6.45, 7) is 0. The van der Waals surface area contributed by atoms with Crippen LogP contribution >= 0.6 is 0 Å². The van der Waals surface area contributed by atoms with Crippen LogP contribution in [0.4, 0.5) is 17.1 Å². The van der Waals surface area contributed by atoms with Crippen molar-refractivity contribution in [2.24, 2.45) is 0 Å². The number of benzene rings is 9. The molecule has 304 valence electrons. The van der Waals surface area contributed by atoms with Crippen molar-refractivity contribution in [2.75, 3.05) is 4.90 Å². The molecule has 0 aliphatic heterocycles. The Morgan fingerprint density at radius 1 is 0.438 bits per heavy atom. The van der Waals surface area contributed by atoms with Crippen LogP contribution in [0.15, 0.2) is 217 Å². The molecule has 0 saturated heterocycles. The maximum Gasteiger partial charge on any atom is 0.227 e. The van der Waals surface area contributed by atoms with E-state index in [9.17, 15) is 0 Å². The quantitative estimate of drug-likeness (QED) is 0.153. The Labute approximate surface area is 373 Å². The lowest BCUT2D eigenvalue weighted by Gasteiger charge is -2.27. The van der Waals surface area contributed by atoms with Gasteiger partial charge < -0.3 is 9.32 Å². The van der Waals surface area contributed by atoms with Crippen LogP contribution in [-0.2, 0) is 12.8 Å². The highest BCUT2D eigenvalue weighted by Crippen LogP contribution is 2.42. The van der Waals surface area contributed by atoms with Gasteiger partial charge in [-0.2, -0.15) is 0 Å². The normalized spacial score (nSPS) is 13.2. The molecule has 2 aliphatic carbocycles. The summed E-state index contributed by atoms with van der Waals surface area (Å²) in [7, 11) is 0. The van der Waals surface area contributed by atoms with E-state index in [1.54, 1.807) is 0 Å². The van der Waals surface area contributed by atoms with Crippen LogP contribution in [0.1, 0.15) is 46.2 Å². The monoisotopic (exact) mass is 820 g/mol. The van der Waals surface area contributed by atoms with Crippen LogP contribution in [-0.4, -0.2) is 4.98 Å². The Morgan fingerprint density at radius 2 is 1.09 bits per heavy atom. The predicted octanol–water partition coefficient (Wildman–Crippen LogP) is 16.3. The molecule has 9 aromatic carbocycles. The van der Waals surface area contributed by atoms with Gasteiger partial charge in [-0.15, -0.1) is 0 Å². The zero-order valence-corrected chi connectivity index (χ0v) is 35.4. The third-order valence-electron chi connectivity index (χ3n) is 13.1. The van der Waals surface area contributed by atoms with E-state index in [2.05, 4.69) is 217 Å². The van der Waals surface area contributed by atoms with Crippen molar-refractivity contribution >= 4 is 56.2 Å². The van der Waals surface area contributed by atoms with Gasteiger partial charge in [0.05, 0.1) is 0 Å². The van der Waals surface area contributed by atoms with E-state index in [0.29, 0.717) is 5.89 Å². The summed E-state index contributed by atoms with van der Waals surface area (Å²) in [4.78, 5) is 7.59. The molecule has 0 amide bonds. The van der Waals surface area contributed by atoms with Gasteiger partial charge in [0, 0.05) is 33.6 Å². The zero-order chi connectivity index (χ0) is 42.4. The molecule has 0 bridgehead atoms. The van der Waals surface area contributed by atoms with Gasteiger partial charge in [-0.25, -0.2) is 4.98 Å². The van der Waals surface area contributed by atoms with E-state index in [-0.39, 0.29) is 0 Å². The number of anilines is 3. The van der Waals surface area contributed by atoms with Gasteiger partial charge in [0.25, 0.3) is 0 Å². The lowest BCUT2D eigenvalue weighted by Crippen LogP contribution is -2.10. The molecule has 2 aliphatic rings. The first-order chi connectivity index (χ1) is 31.7. The van der Waals surface area contributed by atoms with Gasteiger partial charge >= 0.3 is 0 Å². The molecule has 3 heteroatoms. The number of fused-ring (bicyclic) bond motifs is 5. The third-order valence-corrected chi connectivity index (χ3v) is 13.1. The number of oxazole rings is 1. The Morgan fingerprint density at radius 3 is 1.95 bits per heavy atom. The molecule has 0 N–H and O–H groups in total. The molecule has 64 heavy (non-hydrogen) atoms. The van der Waals surface area contributed by atoms with E-state index in [0.717, 1.165) is 75.7 Å². The Bertz CT molecular complexity index is 3410. The number of para-hydroxylation sites is 1. The smallest absolute Gasteiger partial charge is 0.227 e. The van der Waals surface area contributed by atoms with Crippen LogP contribution in [0, 0.1) is 0 Å². The van der Waals surface area contributed by atoms with Gasteiger partial charge in [0.15, 0.2) is 5.58 Å². The molecule has 0 fully saturated rings. The number of allylic oxidation sites excluding steroid dienone is 2. The van der Waals surface area contributed by atoms with Gasteiger partial charge in [-0.1, -0.05) is 158 Å². The maximum absolute atomic E-state index is 6.68. The lowest BCUT2D eigenvalue weighted by atomic mass is 9.86. The van der Waals surface area contributed by atoms with Crippen molar-refractivity contribution in [2.45, 2.75) is 25.7 Å². The first-order valence-electron chi connectivity index (χ1n) is 22.4. The second-order valence-corrected chi connectivity index (χ2v) is 17.0. The summed E-state index contributed by atoms with van der Waals surface area (Å²) in [5.41, 5.74) is 21.2. The Kier molecular flexibility index (Phi) is 9.45. The summed E-state index contributed by atoms with van der Waals surface area (Å²) in [5, 5.41) is 2.23. The van der Waals surface area contributed by atoms with Gasteiger partial charge in [0.1, 0.15) is 5.52 Å². The highest BCUT2D eigenvalue weighted by molar-refractivity contribution is 6.10. The SMILES string of the molecule is C1=C(c2cccc(N(c3ccccc3)c3ccc(-c4ccc5c(c4)C=C(c4cc6ccccc6c6oc(-c7ccc(-c8ccccc8)cc7)nc46)CC5)cc3)c2)c2ccccc2CC1. The lowest BCUT2D eigenvalue weighted by molar-refractivity contribution is 0.623.